The number of aromatic amines is 1. The van der Waals surface area contributed by atoms with Crippen molar-refractivity contribution in [2.45, 2.75) is 0 Å². The quantitative estimate of drug-likeness (QED) is 0.601. The van der Waals surface area contributed by atoms with Crippen LogP contribution in [0.3, 0.4) is 0 Å². The monoisotopic (exact) mass is 337 g/mol. The number of H-pyrrole nitrogens is 1. The maximum absolute atomic E-state index is 5.54. The van der Waals surface area contributed by atoms with E-state index in [9.17, 15) is 0 Å². The minimum atomic E-state index is 0.687. The Morgan fingerprint density at radius 3 is 2.71 bits per heavy atom. The molecule has 0 aliphatic carbocycles. The van der Waals surface area contributed by atoms with Gasteiger partial charge in [-0.25, -0.2) is 4.98 Å². The molecular weight excluding hydrogens is 322 g/mol. The summed E-state index contributed by atoms with van der Waals surface area (Å²) in [6, 6.07) is 9.85. The molecule has 0 saturated carbocycles. The number of hydrogen-bond acceptors (Lipinski definition) is 5. The van der Waals surface area contributed by atoms with E-state index >= 15 is 0 Å². The molecule has 1 aromatic carbocycles. The van der Waals surface area contributed by atoms with Gasteiger partial charge in [0.25, 0.3) is 0 Å². The number of hydrogen-bond donors (Lipinski definition) is 1. The van der Waals surface area contributed by atoms with Gasteiger partial charge in [-0.05, 0) is 46.2 Å². The number of fused-ring (bicyclic) bond motifs is 1. The summed E-state index contributed by atoms with van der Waals surface area (Å²) < 4.78 is 10.8. The molecule has 6 heteroatoms. The highest BCUT2D eigenvalue weighted by atomic mass is 32.1. The molecular formula is C18H15N3O2S. The molecule has 0 fully saturated rings. The molecule has 5 nitrogen and oxygen atoms in total. The second-order valence-electron chi connectivity index (χ2n) is 5.23. The number of methoxy groups -OCH3 is 2. The zero-order valence-corrected chi connectivity index (χ0v) is 14.1. The van der Waals surface area contributed by atoms with Crippen molar-refractivity contribution < 1.29 is 9.47 Å². The number of nitrogens with zero attached hydrogens (tertiary/aromatic N) is 2. The van der Waals surface area contributed by atoms with Gasteiger partial charge >= 0.3 is 0 Å². The minimum Gasteiger partial charge on any atom is -0.497 e. The van der Waals surface area contributed by atoms with E-state index < -0.39 is 0 Å². The molecule has 0 atom stereocenters. The van der Waals surface area contributed by atoms with Crippen LogP contribution in [0.15, 0.2) is 47.3 Å². The first kappa shape index (κ1) is 14.7. The number of ether oxygens (including phenoxy) is 2. The summed E-state index contributed by atoms with van der Waals surface area (Å²) in [6.45, 7) is 0. The summed E-state index contributed by atoms with van der Waals surface area (Å²) in [6.07, 6.45) is 1.78. The van der Waals surface area contributed by atoms with Gasteiger partial charge in [-0.2, -0.15) is 16.4 Å². The second kappa shape index (κ2) is 5.98. The summed E-state index contributed by atoms with van der Waals surface area (Å²) in [5.41, 5.74) is 4.75. The molecule has 4 rings (SSSR count). The van der Waals surface area contributed by atoms with Crippen molar-refractivity contribution in [3.05, 3.63) is 47.3 Å². The fraction of sp³-hybridized carbons (Fsp3) is 0.111. The molecule has 4 aromatic rings. The third-order valence-corrected chi connectivity index (χ3v) is 4.65. The molecule has 0 bridgehead atoms. The van der Waals surface area contributed by atoms with Crippen molar-refractivity contribution in [1.82, 2.24) is 15.2 Å². The fourth-order valence-electron chi connectivity index (χ4n) is 2.80. The Labute approximate surface area is 142 Å². The van der Waals surface area contributed by atoms with E-state index in [0.717, 1.165) is 39.3 Å². The number of thiophene rings is 1. The maximum Gasteiger partial charge on any atom is 0.182 e. The summed E-state index contributed by atoms with van der Waals surface area (Å²) in [7, 11) is 3.29. The molecule has 24 heavy (non-hydrogen) atoms. The van der Waals surface area contributed by atoms with Crippen LogP contribution in [0.25, 0.3) is 33.4 Å². The SMILES string of the molecule is COc1ccc(-c2[nH]nc3nccc(-c4ccsc4)c23)c(OC)c1. The summed E-state index contributed by atoms with van der Waals surface area (Å²) >= 11 is 1.67. The Kier molecular flexibility index (Phi) is 3.66. The number of nitrogens with one attached hydrogen (secondary N) is 1. The Hall–Kier alpha value is -2.86. The van der Waals surface area contributed by atoms with Gasteiger partial charge in [0.1, 0.15) is 11.5 Å². The average Bonchev–Trinajstić information content (AvgIpc) is 3.30. The molecule has 3 aromatic heterocycles. The number of pyridine rings is 1. The number of aromatic nitrogens is 3. The maximum atomic E-state index is 5.54. The van der Waals surface area contributed by atoms with Crippen LogP contribution in [-0.2, 0) is 0 Å². The molecule has 120 valence electrons. The van der Waals surface area contributed by atoms with Gasteiger partial charge in [0.15, 0.2) is 5.65 Å². The van der Waals surface area contributed by atoms with Crippen LogP contribution in [0, 0.1) is 0 Å². The topological polar surface area (TPSA) is 60.0 Å². The van der Waals surface area contributed by atoms with Crippen LogP contribution >= 0.6 is 11.3 Å². The van der Waals surface area contributed by atoms with Crippen LogP contribution in [-0.4, -0.2) is 29.4 Å². The van der Waals surface area contributed by atoms with Crippen molar-refractivity contribution in [3.63, 3.8) is 0 Å². The first-order chi connectivity index (χ1) is 11.8. The average molecular weight is 337 g/mol. The Balaban J connectivity index is 1.99. The summed E-state index contributed by atoms with van der Waals surface area (Å²) in [4.78, 5) is 4.38. The summed E-state index contributed by atoms with van der Waals surface area (Å²) in [5.74, 6) is 1.47. The molecule has 0 spiro atoms. The highest BCUT2D eigenvalue weighted by Gasteiger charge is 2.17. The van der Waals surface area contributed by atoms with E-state index in [1.165, 1.54) is 0 Å². The van der Waals surface area contributed by atoms with Crippen LogP contribution in [0.2, 0.25) is 0 Å². The lowest BCUT2D eigenvalue weighted by molar-refractivity contribution is 0.395. The smallest absolute Gasteiger partial charge is 0.182 e. The second-order valence-corrected chi connectivity index (χ2v) is 6.01. The molecule has 0 unspecified atom stereocenters. The van der Waals surface area contributed by atoms with Crippen molar-refractivity contribution in [2.75, 3.05) is 14.2 Å². The van der Waals surface area contributed by atoms with Gasteiger partial charge in [-0.3, -0.25) is 5.10 Å². The zero-order chi connectivity index (χ0) is 16.5. The van der Waals surface area contributed by atoms with Gasteiger partial charge in [-0.1, -0.05) is 0 Å². The predicted molar refractivity (Wildman–Crippen MR) is 95.7 cm³/mol. The molecule has 0 aliphatic rings. The van der Waals surface area contributed by atoms with E-state index in [0.29, 0.717) is 5.65 Å². The highest BCUT2D eigenvalue weighted by molar-refractivity contribution is 7.08. The van der Waals surface area contributed by atoms with Crippen molar-refractivity contribution in [3.8, 4) is 33.9 Å². The van der Waals surface area contributed by atoms with Crippen LogP contribution in [0.4, 0.5) is 0 Å². The molecule has 0 saturated heterocycles. The number of benzene rings is 1. The third kappa shape index (κ3) is 2.32. The number of rotatable bonds is 4. The van der Waals surface area contributed by atoms with Gasteiger partial charge in [0, 0.05) is 17.8 Å². The van der Waals surface area contributed by atoms with E-state index in [1.54, 1.807) is 31.8 Å². The molecule has 3 heterocycles. The lowest BCUT2D eigenvalue weighted by atomic mass is 10.0. The standard InChI is InChI=1S/C18H15N3O2S/c1-22-12-3-4-14(15(9-12)23-2)17-16-13(11-6-8-24-10-11)5-7-19-18(16)21-20-17/h3-10H,1-2H3,(H,19,20,21). The van der Waals surface area contributed by atoms with Crippen molar-refractivity contribution in [1.29, 1.82) is 0 Å². The molecule has 0 amide bonds. The Bertz CT molecular complexity index is 993. The van der Waals surface area contributed by atoms with E-state index in [4.69, 9.17) is 9.47 Å². The fourth-order valence-corrected chi connectivity index (χ4v) is 3.46. The third-order valence-electron chi connectivity index (χ3n) is 3.96. The highest BCUT2D eigenvalue weighted by Crippen LogP contribution is 2.39. The summed E-state index contributed by atoms with van der Waals surface area (Å²) in [5, 5.41) is 12.7. The zero-order valence-electron chi connectivity index (χ0n) is 13.2. The van der Waals surface area contributed by atoms with Crippen LogP contribution in [0.1, 0.15) is 0 Å². The van der Waals surface area contributed by atoms with E-state index in [-0.39, 0.29) is 0 Å². The molecule has 0 aliphatic heterocycles. The normalized spacial score (nSPS) is 10.9. The van der Waals surface area contributed by atoms with Gasteiger partial charge < -0.3 is 9.47 Å². The largest absolute Gasteiger partial charge is 0.497 e. The lowest BCUT2D eigenvalue weighted by Crippen LogP contribution is -1.91. The minimum absolute atomic E-state index is 0.687. The van der Waals surface area contributed by atoms with Crippen molar-refractivity contribution in [2.24, 2.45) is 0 Å². The van der Waals surface area contributed by atoms with Gasteiger partial charge in [0.05, 0.1) is 25.3 Å². The first-order valence-electron chi connectivity index (χ1n) is 7.40. The predicted octanol–water partition coefficient (Wildman–Crippen LogP) is 4.37. The van der Waals surface area contributed by atoms with Crippen LogP contribution in [0.5, 0.6) is 11.5 Å². The van der Waals surface area contributed by atoms with E-state index in [2.05, 4.69) is 32.0 Å². The van der Waals surface area contributed by atoms with Crippen LogP contribution < -0.4 is 9.47 Å². The lowest BCUT2D eigenvalue weighted by Gasteiger charge is -2.10. The Morgan fingerprint density at radius 1 is 1.04 bits per heavy atom. The first-order valence-corrected chi connectivity index (χ1v) is 8.34. The Morgan fingerprint density at radius 2 is 1.96 bits per heavy atom. The van der Waals surface area contributed by atoms with E-state index in [1.807, 2.05) is 24.3 Å². The van der Waals surface area contributed by atoms with Crippen molar-refractivity contribution >= 4 is 22.4 Å². The molecule has 1 N–H and O–H groups in total. The van der Waals surface area contributed by atoms with Gasteiger partial charge in [0.2, 0.25) is 0 Å². The molecule has 0 radical (unpaired) electrons. The van der Waals surface area contributed by atoms with Gasteiger partial charge in [-0.15, -0.1) is 0 Å².